The van der Waals surface area contributed by atoms with E-state index in [9.17, 15) is 14.4 Å². The highest BCUT2D eigenvalue weighted by atomic mass is 32.2. The normalized spacial score (nSPS) is 12.9. The first kappa shape index (κ1) is 27.5. The summed E-state index contributed by atoms with van der Waals surface area (Å²) in [4.78, 5) is 38.4. The molecule has 0 aliphatic carbocycles. The monoisotopic (exact) mass is 488 g/mol. The molecule has 1 aromatic heterocycles. The lowest BCUT2D eigenvalue weighted by Gasteiger charge is -2.24. The van der Waals surface area contributed by atoms with Crippen molar-refractivity contribution in [3.8, 4) is 0 Å². The van der Waals surface area contributed by atoms with Gasteiger partial charge in [0.2, 0.25) is 5.91 Å². The van der Waals surface area contributed by atoms with Crippen LogP contribution in [0.3, 0.4) is 0 Å². The Balaban J connectivity index is 1.94. The summed E-state index contributed by atoms with van der Waals surface area (Å²) in [5.74, 6) is 1.61. The maximum atomic E-state index is 13.1. The number of hydrogen-bond donors (Lipinski definition) is 2. The molecular weight excluding hydrogens is 452 g/mol. The third-order valence-electron chi connectivity index (χ3n) is 5.01. The van der Waals surface area contributed by atoms with Crippen molar-refractivity contribution in [1.82, 2.24) is 10.6 Å². The summed E-state index contributed by atoms with van der Waals surface area (Å²) >= 11 is 1.45. The molecule has 2 amide bonds. The first-order valence-corrected chi connectivity index (χ1v) is 12.8. The van der Waals surface area contributed by atoms with Crippen LogP contribution in [-0.2, 0) is 26.7 Å². The molecule has 0 fully saturated rings. The number of alkyl carbamates (subject to hydrolysis) is 1. The number of ether oxygens (including phenoxy) is 1. The molecular formula is C26H36N2O5S. The van der Waals surface area contributed by atoms with E-state index in [4.69, 9.17) is 9.15 Å². The SMILES string of the molecule is CC(C)C[C@H](NC(=O)[C@H](CC(C)C)NC(=O)OCc1ccccc1)C(=O)CSCc1ccco1. The highest BCUT2D eigenvalue weighted by molar-refractivity contribution is 7.99. The summed E-state index contributed by atoms with van der Waals surface area (Å²) in [5, 5.41) is 5.56. The van der Waals surface area contributed by atoms with Gasteiger partial charge in [0.05, 0.1) is 23.8 Å². The number of carbonyl (C=O) groups excluding carboxylic acids is 3. The van der Waals surface area contributed by atoms with E-state index in [-0.39, 0.29) is 35.9 Å². The summed E-state index contributed by atoms with van der Waals surface area (Å²) in [7, 11) is 0. The van der Waals surface area contributed by atoms with Crippen molar-refractivity contribution in [1.29, 1.82) is 0 Å². The van der Waals surface area contributed by atoms with Crippen molar-refractivity contribution < 1.29 is 23.5 Å². The molecule has 2 rings (SSSR count). The van der Waals surface area contributed by atoms with Gasteiger partial charge in [0, 0.05) is 0 Å². The first-order chi connectivity index (χ1) is 16.2. The van der Waals surface area contributed by atoms with Gasteiger partial charge in [-0.3, -0.25) is 9.59 Å². The molecule has 34 heavy (non-hydrogen) atoms. The van der Waals surface area contributed by atoms with Gasteiger partial charge in [-0.1, -0.05) is 58.0 Å². The zero-order chi connectivity index (χ0) is 24.9. The van der Waals surface area contributed by atoms with E-state index < -0.39 is 18.2 Å². The number of carbonyl (C=O) groups is 3. The molecule has 7 nitrogen and oxygen atoms in total. The molecule has 0 bridgehead atoms. The van der Waals surface area contributed by atoms with Crippen LogP contribution >= 0.6 is 11.8 Å². The standard InChI is InChI=1S/C26H36N2O5S/c1-18(2)13-22(24(29)17-34-16-21-11-8-12-32-21)27-25(30)23(14-19(3)4)28-26(31)33-15-20-9-6-5-7-10-20/h5-12,18-19,22-23H,13-17H2,1-4H3,(H,27,30)(H,28,31)/t22-,23-/m0/s1. The lowest BCUT2D eigenvalue weighted by molar-refractivity contribution is -0.128. The van der Waals surface area contributed by atoms with Gasteiger partial charge in [0.1, 0.15) is 18.4 Å². The van der Waals surface area contributed by atoms with E-state index in [0.29, 0.717) is 18.6 Å². The lowest BCUT2D eigenvalue weighted by atomic mass is 9.99. The Labute approximate surface area is 206 Å². The molecule has 0 aliphatic rings. The third-order valence-corrected chi connectivity index (χ3v) is 5.99. The van der Waals surface area contributed by atoms with Crippen molar-refractivity contribution in [2.75, 3.05) is 5.75 Å². The van der Waals surface area contributed by atoms with Crippen LogP contribution < -0.4 is 10.6 Å². The summed E-state index contributed by atoms with van der Waals surface area (Å²) < 4.78 is 10.6. The number of thioether (sulfide) groups is 1. The van der Waals surface area contributed by atoms with Crippen LogP contribution in [-0.4, -0.2) is 35.6 Å². The molecule has 2 atom stereocenters. The summed E-state index contributed by atoms with van der Waals surface area (Å²) in [6.45, 7) is 8.07. The number of hydrogen-bond acceptors (Lipinski definition) is 6. The van der Waals surface area contributed by atoms with Crippen LogP contribution in [0, 0.1) is 11.8 Å². The van der Waals surface area contributed by atoms with E-state index in [1.807, 2.05) is 70.2 Å². The number of furan rings is 1. The summed E-state index contributed by atoms with van der Waals surface area (Å²) in [5.41, 5.74) is 0.858. The quantitative estimate of drug-likeness (QED) is 0.390. The van der Waals surface area contributed by atoms with Gasteiger partial charge in [0.15, 0.2) is 5.78 Å². The van der Waals surface area contributed by atoms with Gasteiger partial charge in [0.25, 0.3) is 0 Å². The molecule has 186 valence electrons. The van der Waals surface area contributed by atoms with Gasteiger partial charge < -0.3 is 19.8 Å². The highest BCUT2D eigenvalue weighted by Crippen LogP contribution is 2.16. The molecule has 0 spiro atoms. The maximum absolute atomic E-state index is 13.1. The zero-order valence-electron chi connectivity index (χ0n) is 20.4. The summed E-state index contributed by atoms with van der Waals surface area (Å²) in [6, 6.07) is 11.6. The van der Waals surface area contributed by atoms with Crippen LogP contribution in [0.15, 0.2) is 53.1 Å². The number of Topliss-reactive ketones (excluding diaryl/α,β-unsaturated/α-hetero) is 1. The zero-order valence-corrected chi connectivity index (χ0v) is 21.2. The van der Waals surface area contributed by atoms with E-state index in [0.717, 1.165) is 11.3 Å². The predicted octanol–water partition coefficient (Wildman–Crippen LogP) is 4.95. The van der Waals surface area contributed by atoms with Crippen molar-refractivity contribution in [2.45, 2.75) is 65.0 Å². The highest BCUT2D eigenvalue weighted by Gasteiger charge is 2.28. The van der Waals surface area contributed by atoms with Crippen LogP contribution in [0.5, 0.6) is 0 Å². The molecule has 2 N–H and O–H groups in total. The van der Waals surface area contributed by atoms with Crippen LogP contribution in [0.25, 0.3) is 0 Å². The van der Waals surface area contributed by atoms with Crippen molar-refractivity contribution in [3.63, 3.8) is 0 Å². The Morgan fingerprint density at radius 1 is 0.912 bits per heavy atom. The number of benzene rings is 1. The lowest BCUT2D eigenvalue weighted by Crippen LogP contribution is -2.52. The first-order valence-electron chi connectivity index (χ1n) is 11.6. The molecule has 1 aromatic carbocycles. The number of nitrogens with one attached hydrogen (secondary N) is 2. The average Bonchev–Trinajstić information content (AvgIpc) is 3.30. The Bertz CT molecular complexity index is 884. The Hall–Kier alpha value is -2.74. The molecule has 8 heteroatoms. The van der Waals surface area contributed by atoms with Crippen molar-refractivity contribution in [3.05, 3.63) is 60.1 Å². The molecule has 2 aromatic rings. The molecule has 1 heterocycles. The van der Waals surface area contributed by atoms with Gasteiger partial charge >= 0.3 is 6.09 Å². The Morgan fingerprint density at radius 3 is 2.21 bits per heavy atom. The van der Waals surface area contributed by atoms with Gasteiger partial charge in [-0.25, -0.2) is 4.79 Å². The van der Waals surface area contributed by atoms with Crippen molar-refractivity contribution >= 4 is 29.5 Å². The second-order valence-electron chi connectivity index (χ2n) is 9.12. The smallest absolute Gasteiger partial charge is 0.408 e. The van der Waals surface area contributed by atoms with Crippen LogP contribution in [0.2, 0.25) is 0 Å². The maximum Gasteiger partial charge on any atom is 0.408 e. The van der Waals surface area contributed by atoms with Crippen LogP contribution in [0.1, 0.15) is 51.9 Å². The summed E-state index contributed by atoms with van der Waals surface area (Å²) in [6.07, 6.45) is 1.90. The average molecular weight is 489 g/mol. The molecule has 0 saturated carbocycles. The number of ketones is 1. The minimum atomic E-state index is -0.790. The fraction of sp³-hybridized carbons (Fsp3) is 0.500. The van der Waals surface area contributed by atoms with Gasteiger partial charge in [-0.15, -0.1) is 11.8 Å². The second-order valence-corrected chi connectivity index (χ2v) is 10.1. The van der Waals surface area contributed by atoms with E-state index >= 15 is 0 Å². The Kier molecular flexibility index (Phi) is 11.7. The molecule has 0 unspecified atom stereocenters. The molecule has 0 saturated heterocycles. The van der Waals surface area contributed by atoms with E-state index in [1.165, 1.54) is 11.8 Å². The van der Waals surface area contributed by atoms with E-state index in [2.05, 4.69) is 10.6 Å². The van der Waals surface area contributed by atoms with Gasteiger partial charge in [-0.05, 0) is 42.4 Å². The fourth-order valence-electron chi connectivity index (χ4n) is 3.37. The second kappa shape index (κ2) is 14.5. The van der Waals surface area contributed by atoms with E-state index in [1.54, 1.807) is 6.26 Å². The predicted molar refractivity (Wildman–Crippen MR) is 134 cm³/mol. The molecule has 0 aliphatic heterocycles. The number of amides is 2. The minimum absolute atomic E-state index is 0.0476. The Morgan fingerprint density at radius 2 is 1.59 bits per heavy atom. The third kappa shape index (κ3) is 10.5. The molecule has 0 radical (unpaired) electrons. The minimum Gasteiger partial charge on any atom is -0.468 e. The van der Waals surface area contributed by atoms with Crippen LogP contribution in [0.4, 0.5) is 4.79 Å². The number of rotatable bonds is 14. The topological polar surface area (TPSA) is 97.6 Å². The van der Waals surface area contributed by atoms with Crippen molar-refractivity contribution in [2.24, 2.45) is 11.8 Å². The largest absolute Gasteiger partial charge is 0.468 e. The van der Waals surface area contributed by atoms with Gasteiger partial charge in [-0.2, -0.15) is 0 Å². The fourth-order valence-corrected chi connectivity index (χ4v) is 4.24.